The number of amides is 1. The summed E-state index contributed by atoms with van der Waals surface area (Å²) in [5.74, 6) is 1.15. The van der Waals surface area contributed by atoms with Crippen LogP contribution in [0.25, 0.3) is 0 Å². The first-order chi connectivity index (χ1) is 10.1. The smallest absolute Gasteiger partial charge is 0.256 e. The predicted octanol–water partition coefficient (Wildman–Crippen LogP) is 1.02. The third-order valence-electron chi connectivity index (χ3n) is 3.36. The molecule has 1 saturated heterocycles. The molecule has 6 heteroatoms. The lowest BCUT2D eigenvalue weighted by Crippen LogP contribution is -2.40. The molecule has 114 valence electrons. The first-order valence-corrected chi connectivity index (χ1v) is 6.96. The van der Waals surface area contributed by atoms with E-state index in [4.69, 9.17) is 9.47 Å². The number of ether oxygens (including phenoxy) is 2. The zero-order valence-corrected chi connectivity index (χ0v) is 12.6. The average molecular weight is 291 g/mol. The van der Waals surface area contributed by atoms with Gasteiger partial charge < -0.3 is 14.8 Å². The summed E-state index contributed by atoms with van der Waals surface area (Å²) >= 11 is 0. The largest absolute Gasteiger partial charge is 0.494 e. The normalized spacial score (nSPS) is 23.0. The van der Waals surface area contributed by atoms with Crippen LogP contribution >= 0.6 is 0 Å². The second-order valence-corrected chi connectivity index (χ2v) is 4.88. The van der Waals surface area contributed by atoms with Crippen molar-refractivity contribution >= 4 is 11.9 Å². The van der Waals surface area contributed by atoms with Crippen molar-refractivity contribution in [3.8, 4) is 5.75 Å². The highest BCUT2D eigenvalue weighted by molar-refractivity contribution is 6.09. The number of methoxy groups -OCH3 is 1. The monoisotopic (exact) mass is 291 g/mol. The van der Waals surface area contributed by atoms with Crippen LogP contribution in [0.3, 0.4) is 0 Å². The quantitative estimate of drug-likeness (QED) is 0.768. The number of benzene rings is 1. The summed E-state index contributed by atoms with van der Waals surface area (Å²) in [6.45, 7) is 5.39. The molecule has 0 spiro atoms. The zero-order chi connectivity index (χ0) is 15.3. The van der Waals surface area contributed by atoms with E-state index < -0.39 is 5.54 Å². The molecular formula is C15H21N3O3. The van der Waals surface area contributed by atoms with Crippen molar-refractivity contribution in [2.45, 2.75) is 19.4 Å². The molecule has 1 aromatic carbocycles. The van der Waals surface area contributed by atoms with E-state index in [1.165, 1.54) is 0 Å². The van der Waals surface area contributed by atoms with Crippen LogP contribution in [0.1, 0.15) is 19.4 Å². The van der Waals surface area contributed by atoms with E-state index >= 15 is 0 Å². The van der Waals surface area contributed by atoms with E-state index in [1.807, 2.05) is 38.1 Å². The van der Waals surface area contributed by atoms with Crippen molar-refractivity contribution < 1.29 is 14.3 Å². The van der Waals surface area contributed by atoms with Gasteiger partial charge in [-0.25, -0.2) is 0 Å². The third kappa shape index (κ3) is 3.33. The Morgan fingerprint density at radius 2 is 2.00 bits per heavy atom. The highest BCUT2D eigenvalue weighted by Gasteiger charge is 2.42. The van der Waals surface area contributed by atoms with Crippen LogP contribution in [-0.4, -0.2) is 38.7 Å². The molecule has 0 saturated carbocycles. The molecule has 1 unspecified atom stereocenters. The van der Waals surface area contributed by atoms with Gasteiger partial charge in [0, 0.05) is 7.11 Å². The topological polar surface area (TPSA) is 71.9 Å². The first-order valence-electron chi connectivity index (χ1n) is 6.96. The molecule has 1 aromatic rings. The second kappa shape index (κ2) is 6.58. The molecule has 1 aliphatic rings. The Balaban J connectivity index is 2.14. The van der Waals surface area contributed by atoms with Crippen molar-refractivity contribution in [2.75, 3.05) is 26.9 Å². The Bertz CT molecular complexity index is 527. The summed E-state index contributed by atoms with van der Waals surface area (Å²) in [4.78, 5) is 16.5. The number of carbonyl (C=O) groups excluding carboxylic acids is 1. The number of hydrogen-bond donors (Lipinski definition) is 2. The van der Waals surface area contributed by atoms with Crippen LogP contribution < -0.4 is 15.4 Å². The van der Waals surface area contributed by atoms with Crippen molar-refractivity contribution in [1.82, 2.24) is 10.6 Å². The van der Waals surface area contributed by atoms with Gasteiger partial charge in [-0.2, -0.15) is 0 Å². The second-order valence-electron chi connectivity index (χ2n) is 4.88. The molecule has 1 amide bonds. The molecule has 1 fully saturated rings. The van der Waals surface area contributed by atoms with Gasteiger partial charge in [-0.05, 0) is 31.5 Å². The molecule has 1 aliphatic heterocycles. The highest BCUT2D eigenvalue weighted by Crippen LogP contribution is 2.26. The van der Waals surface area contributed by atoms with E-state index in [9.17, 15) is 4.79 Å². The average Bonchev–Trinajstić information content (AvgIpc) is 2.76. The molecule has 1 atom stereocenters. The standard InChI is InChI=1S/C15H21N3O3/c1-4-21-12-7-5-11(6-8-12)15(2)13(19)17-14(18-15)16-9-10-20-3/h5-8H,4,9-10H2,1-3H3,(H2,16,17,18,19). The Labute approximate surface area is 124 Å². The summed E-state index contributed by atoms with van der Waals surface area (Å²) in [6.07, 6.45) is 0. The number of aliphatic imine (C=N–C) groups is 1. The van der Waals surface area contributed by atoms with Gasteiger partial charge in [0.2, 0.25) is 0 Å². The van der Waals surface area contributed by atoms with Gasteiger partial charge in [0.15, 0.2) is 5.96 Å². The minimum atomic E-state index is -0.823. The van der Waals surface area contributed by atoms with E-state index in [1.54, 1.807) is 7.11 Å². The minimum Gasteiger partial charge on any atom is -0.494 e. The van der Waals surface area contributed by atoms with Gasteiger partial charge in [-0.1, -0.05) is 12.1 Å². The summed E-state index contributed by atoms with van der Waals surface area (Å²) in [6, 6.07) is 7.49. The maximum absolute atomic E-state index is 12.2. The molecule has 0 aromatic heterocycles. The number of hydrogen-bond acceptors (Lipinski definition) is 4. The van der Waals surface area contributed by atoms with Crippen LogP contribution in [0.2, 0.25) is 0 Å². The summed E-state index contributed by atoms with van der Waals surface area (Å²) in [5, 5.41) is 5.89. The molecular weight excluding hydrogens is 270 g/mol. The summed E-state index contributed by atoms with van der Waals surface area (Å²) in [7, 11) is 1.62. The van der Waals surface area contributed by atoms with E-state index in [-0.39, 0.29) is 5.91 Å². The Kier molecular flexibility index (Phi) is 4.80. The molecule has 2 N–H and O–H groups in total. The SMILES string of the molecule is CCOc1ccc(C2(C)NC(=NCCOC)NC2=O)cc1. The Hall–Kier alpha value is -2.08. The molecule has 21 heavy (non-hydrogen) atoms. The molecule has 6 nitrogen and oxygen atoms in total. The van der Waals surface area contributed by atoms with Gasteiger partial charge in [-0.3, -0.25) is 15.1 Å². The number of guanidine groups is 1. The van der Waals surface area contributed by atoms with Crippen LogP contribution in [0.5, 0.6) is 5.75 Å². The van der Waals surface area contributed by atoms with Gasteiger partial charge in [0.25, 0.3) is 5.91 Å². The van der Waals surface area contributed by atoms with Crippen molar-refractivity contribution in [3.05, 3.63) is 29.8 Å². The summed E-state index contributed by atoms with van der Waals surface area (Å²) in [5.41, 5.74) is 0.0387. The zero-order valence-electron chi connectivity index (χ0n) is 12.6. The van der Waals surface area contributed by atoms with E-state index in [0.717, 1.165) is 11.3 Å². The van der Waals surface area contributed by atoms with Gasteiger partial charge in [0.1, 0.15) is 11.3 Å². The Morgan fingerprint density at radius 1 is 1.29 bits per heavy atom. The van der Waals surface area contributed by atoms with Crippen molar-refractivity contribution in [2.24, 2.45) is 4.99 Å². The molecule has 1 heterocycles. The molecule has 0 radical (unpaired) electrons. The fourth-order valence-corrected chi connectivity index (χ4v) is 2.14. The highest BCUT2D eigenvalue weighted by atomic mass is 16.5. The van der Waals surface area contributed by atoms with Crippen LogP contribution in [-0.2, 0) is 15.1 Å². The maximum atomic E-state index is 12.2. The van der Waals surface area contributed by atoms with Gasteiger partial charge >= 0.3 is 0 Å². The van der Waals surface area contributed by atoms with Gasteiger partial charge in [0.05, 0.1) is 19.8 Å². The third-order valence-corrected chi connectivity index (χ3v) is 3.36. The number of nitrogens with one attached hydrogen (secondary N) is 2. The lowest BCUT2D eigenvalue weighted by molar-refractivity contribution is -0.123. The van der Waals surface area contributed by atoms with E-state index in [0.29, 0.717) is 25.7 Å². The lowest BCUT2D eigenvalue weighted by Gasteiger charge is -2.21. The van der Waals surface area contributed by atoms with E-state index in [2.05, 4.69) is 15.6 Å². The minimum absolute atomic E-state index is 0.122. The number of rotatable bonds is 6. The molecule has 0 bridgehead atoms. The van der Waals surface area contributed by atoms with Crippen molar-refractivity contribution in [1.29, 1.82) is 0 Å². The molecule has 0 aliphatic carbocycles. The van der Waals surface area contributed by atoms with Crippen molar-refractivity contribution in [3.63, 3.8) is 0 Å². The van der Waals surface area contributed by atoms with Crippen LogP contribution in [0, 0.1) is 0 Å². The number of carbonyl (C=O) groups is 1. The number of nitrogens with zero attached hydrogens (tertiary/aromatic N) is 1. The lowest BCUT2D eigenvalue weighted by atomic mass is 9.92. The van der Waals surface area contributed by atoms with Gasteiger partial charge in [-0.15, -0.1) is 0 Å². The fourth-order valence-electron chi connectivity index (χ4n) is 2.14. The first kappa shape index (κ1) is 15.3. The van der Waals surface area contributed by atoms with Crippen LogP contribution in [0.4, 0.5) is 0 Å². The maximum Gasteiger partial charge on any atom is 0.256 e. The fraction of sp³-hybridized carbons (Fsp3) is 0.467. The predicted molar refractivity (Wildman–Crippen MR) is 80.4 cm³/mol. The summed E-state index contributed by atoms with van der Waals surface area (Å²) < 4.78 is 10.4. The van der Waals surface area contributed by atoms with Crippen LogP contribution in [0.15, 0.2) is 29.3 Å². The Morgan fingerprint density at radius 3 is 2.62 bits per heavy atom. The molecule has 2 rings (SSSR count).